The summed E-state index contributed by atoms with van der Waals surface area (Å²) in [5, 5.41) is 5.59. The Hall–Kier alpha value is -4.33. The molecule has 35 heavy (non-hydrogen) atoms. The van der Waals surface area contributed by atoms with Gasteiger partial charge in [0.1, 0.15) is 17.5 Å². The van der Waals surface area contributed by atoms with Crippen LogP contribution in [0.5, 0.6) is 11.5 Å². The van der Waals surface area contributed by atoms with Crippen LogP contribution in [-0.2, 0) is 14.4 Å². The monoisotopic (exact) mass is 473 g/mol. The van der Waals surface area contributed by atoms with Crippen molar-refractivity contribution < 1.29 is 23.9 Å². The Kier molecular flexibility index (Phi) is 7.30. The normalized spacial score (nSPS) is 14.5. The van der Waals surface area contributed by atoms with Gasteiger partial charge in [-0.3, -0.25) is 19.3 Å². The van der Waals surface area contributed by atoms with Gasteiger partial charge >= 0.3 is 0 Å². The molecule has 0 bridgehead atoms. The highest BCUT2D eigenvalue weighted by atomic mass is 16.5. The van der Waals surface area contributed by atoms with E-state index < -0.39 is 23.8 Å². The van der Waals surface area contributed by atoms with Crippen LogP contribution in [0.15, 0.2) is 72.8 Å². The highest BCUT2D eigenvalue weighted by Crippen LogP contribution is 2.33. The Balaban J connectivity index is 1.54. The van der Waals surface area contributed by atoms with E-state index in [0.29, 0.717) is 35.2 Å². The van der Waals surface area contributed by atoms with Crippen molar-refractivity contribution in [3.63, 3.8) is 0 Å². The molecule has 1 atom stereocenters. The van der Waals surface area contributed by atoms with E-state index >= 15 is 0 Å². The molecule has 1 heterocycles. The number of aryl methyl sites for hydroxylation is 1. The number of nitrogens with one attached hydrogen (secondary N) is 2. The minimum Gasteiger partial charge on any atom is -0.492 e. The molecular formula is C27H27N3O5. The van der Waals surface area contributed by atoms with Gasteiger partial charge in [-0.2, -0.15) is 0 Å². The van der Waals surface area contributed by atoms with Crippen molar-refractivity contribution in [3.05, 3.63) is 78.4 Å². The van der Waals surface area contributed by atoms with E-state index in [4.69, 9.17) is 9.47 Å². The second-order valence-electron chi connectivity index (χ2n) is 8.07. The van der Waals surface area contributed by atoms with Gasteiger partial charge in [-0.1, -0.05) is 42.0 Å². The summed E-state index contributed by atoms with van der Waals surface area (Å²) in [5.74, 6) is -0.225. The quantitative estimate of drug-likeness (QED) is 0.512. The van der Waals surface area contributed by atoms with Gasteiger partial charge < -0.3 is 20.1 Å². The number of rotatable bonds is 8. The maximum absolute atomic E-state index is 13.3. The van der Waals surface area contributed by atoms with Crippen molar-refractivity contribution in [2.45, 2.75) is 26.3 Å². The minimum atomic E-state index is -1.04. The molecule has 8 heteroatoms. The SMILES string of the molecule is CCOc1ccccc1NC(=O)C[C@@H]1C(=O)Nc2ccccc2N1C(=O)COc1ccc(C)cc1. The molecule has 8 nitrogen and oxygen atoms in total. The third-order valence-electron chi connectivity index (χ3n) is 5.53. The minimum absolute atomic E-state index is 0.239. The van der Waals surface area contributed by atoms with Crippen LogP contribution in [0, 0.1) is 6.92 Å². The molecule has 3 amide bonds. The number of fused-ring (bicyclic) bond motifs is 1. The van der Waals surface area contributed by atoms with E-state index in [1.54, 1.807) is 60.7 Å². The van der Waals surface area contributed by atoms with Gasteiger partial charge in [-0.15, -0.1) is 0 Å². The Bertz CT molecular complexity index is 1230. The van der Waals surface area contributed by atoms with Crippen molar-refractivity contribution in [3.8, 4) is 11.5 Å². The molecular weight excluding hydrogens is 446 g/mol. The summed E-state index contributed by atoms with van der Waals surface area (Å²) in [5.41, 5.74) is 2.58. The van der Waals surface area contributed by atoms with E-state index in [-0.39, 0.29) is 13.0 Å². The largest absolute Gasteiger partial charge is 0.492 e. The van der Waals surface area contributed by atoms with Crippen LogP contribution in [-0.4, -0.2) is 37.0 Å². The molecule has 0 saturated carbocycles. The number of hydrogen-bond acceptors (Lipinski definition) is 5. The zero-order chi connectivity index (χ0) is 24.8. The topological polar surface area (TPSA) is 97.0 Å². The first-order chi connectivity index (χ1) is 17.0. The van der Waals surface area contributed by atoms with Gasteiger partial charge in [-0.25, -0.2) is 0 Å². The number of anilines is 3. The highest BCUT2D eigenvalue weighted by molar-refractivity contribution is 6.14. The van der Waals surface area contributed by atoms with Crippen molar-refractivity contribution in [1.82, 2.24) is 0 Å². The number of amides is 3. The van der Waals surface area contributed by atoms with Crippen LogP contribution < -0.4 is 25.0 Å². The van der Waals surface area contributed by atoms with Crippen LogP contribution in [0.1, 0.15) is 18.9 Å². The van der Waals surface area contributed by atoms with Gasteiger partial charge in [0.15, 0.2) is 6.61 Å². The average Bonchev–Trinajstić information content (AvgIpc) is 2.85. The number of benzene rings is 3. The highest BCUT2D eigenvalue weighted by Gasteiger charge is 2.38. The molecule has 0 aliphatic carbocycles. The van der Waals surface area contributed by atoms with Gasteiger partial charge in [0.25, 0.3) is 5.91 Å². The molecule has 180 valence electrons. The number of ether oxygens (including phenoxy) is 2. The molecule has 3 aromatic carbocycles. The van der Waals surface area contributed by atoms with Crippen LogP contribution in [0.2, 0.25) is 0 Å². The maximum Gasteiger partial charge on any atom is 0.265 e. The van der Waals surface area contributed by atoms with Crippen molar-refractivity contribution in [2.75, 3.05) is 28.7 Å². The summed E-state index contributed by atoms with van der Waals surface area (Å²) in [4.78, 5) is 40.6. The predicted molar refractivity (Wildman–Crippen MR) is 134 cm³/mol. The molecule has 4 rings (SSSR count). The fourth-order valence-corrected chi connectivity index (χ4v) is 3.86. The Morgan fingerprint density at radius 1 is 0.971 bits per heavy atom. The first kappa shape index (κ1) is 23.8. The first-order valence-electron chi connectivity index (χ1n) is 11.4. The third kappa shape index (κ3) is 5.60. The summed E-state index contributed by atoms with van der Waals surface area (Å²) < 4.78 is 11.2. The molecule has 0 fully saturated rings. The fraction of sp³-hybridized carbons (Fsp3) is 0.222. The zero-order valence-corrected chi connectivity index (χ0v) is 19.6. The van der Waals surface area contributed by atoms with E-state index in [0.717, 1.165) is 5.56 Å². The van der Waals surface area contributed by atoms with E-state index in [1.807, 2.05) is 26.0 Å². The molecule has 0 radical (unpaired) electrons. The summed E-state index contributed by atoms with van der Waals surface area (Å²) in [6, 6.07) is 20.3. The Labute approximate surface area is 203 Å². The Morgan fingerprint density at radius 3 is 2.46 bits per heavy atom. The second kappa shape index (κ2) is 10.7. The molecule has 2 N–H and O–H groups in total. The molecule has 0 aromatic heterocycles. The molecule has 0 unspecified atom stereocenters. The van der Waals surface area contributed by atoms with Gasteiger partial charge in [0.2, 0.25) is 11.8 Å². The number of carbonyl (C=O) groups excluding carboxylic acids is 3. The standard InChI is InChI=1S/C27H27N3O5/c1-3-34-24-11-7-5-9-21(24)28-25(31)16-23-27(33)29-20-8-4-6-10-22(20)30(23)26(32)17-35-19-14-12-18(2)13-15-19/h4-15,23H,3,16-17H2,1-2H3,(H,28,31)(H,29,33)/t23-/m1/s1. The predicted octanol–water partition coefficient (Wildman–Crippen LogP) is 4.16. The van der Waals surface area contributed by atoms with Gasteiger partial charge in [-0.05, 0) is 50.2 Å². The van der Waals surface area contributed by atoms with Gasteiger partial charge in [0.05, 0.1) is 30.1 Å². The lowest BCUT2D eigenvalue weighted by molar-refractivity contribution is -0.127. The maximum atomic E-state index is 13.3. The lowest BCUT2D eigenvalue weighted by Gasteiger charge is -2.36. The lowest BCUT2D eigenvalue weighted by atomic mass is 10.0. The van der Waals surface area contributed by atoms with Crippen molar-refractivity contribution in [1.29, 1.82) is 0 Å². The van der Waals surface area contributed by atoms with E-state index in [9.17, 15) is 14.4 Å². The smallest absolute Gasteiger partial charge is 0.265 e. The number of carbonyl (C=O) groups is 3. The molecule has 1 aliphatic heterocycles. The zero-order valence-electron chi connectivity index (χ0n) is 19.6. The molecule has 3 aromatic rings. The molecule has 1 aliphatic rings. The van der Waals surface area contributed by atoms with Gasteiger partial charge in [0, 0.05) is 0 Å². The second-order valence-corrected chi connectivity index (χ2v) is 8.07. The summed E-state index contributed by atoms with van der Waals surface area (Å²) >= 11 is 0. The first-order valence-corrected chi connectivity index (χ1v) is 11.4. The van der Waals surface area contributed by atoms with Crippen molar-refractivity contribution in [2.24, 2.45) is 0 Å². The van der Waals surface area contributed by atoms with E-state index in [2.05, 4.69) is 10.6 Å². The number of nitrogens with zero attached hydrogens (tertiary/aromatic N) is 1. The van der Waals surface area contributed by atoms with E-state index in [1.165, 1.54) is 4.90 Å². The number of para-hydroxylation sites is 4. The fourth-order valence-electron chi connectivity index (χ4n) is 3.86. The lowest BCUT2D eigenvalue weighted by Crippen LogP contribution is -2.53. The summed E-state index contributed by atoms with van der Waals surface area (Å²) in [6.07, 6.45) is -0.239. The molecule has 0 saturated heterocycles. The summed E-state index contributed by atoms with van der Waals surface area (Å²) in [7, 11) is 0. The van der Waals surface area contributed by atoms with Crippen molar-refractivity contribution >= 4 is 34.8 Å². The van der Waals surface area contributed by atoms with Crippen LogP contribution in [0.3, 0.4) is 0 Å². The molecule has 0 spiro atoms. The third-order valence-corrected chi connectivity index (χ3v) is 5.53. The summed E-state index contributed by atoms with van der Waals surface area (Å²) in [6.45, 7) is 3.97. The van der Waals surface area contributed by atoms with Crippen LogP contribution >= 0.6 is 0 Å². The average molecular weight is 474 g/mol. The van der Waals surface area contributed by atoms with Crippen LogP contribution in [0.4, 0.5) is 17.1 Å². The Morgan fingerprint density at radius 2 is 1.69 bits per heavy atom. The van der Waals surface area contributed by atoms with Crippen LogP contribution in [0.25, 0.3) is 0 Å². The number of hydrogen-bond donors (Lipinski definition) is 2.